The van der Waals surface area contributed by atoms with Gasteiger partial charge in [0.25, 0.3) is 0 Å². The second-order valence-electron chi connectivity index (χ2n) is 7.53. The lowest BCUT2D eigenvalue weighted by atomic mass is 10.2. The first-order valence-corrected chi connectivity index (χ1v) is 10.9. The monoisotopic (exact) mass is 445 g/mol. The van der Waals surface area contributed by atoms with Crippen LogP contribution in [0.25, 0.3) is 16.7 Å². The molecule has 33 heavy (non-hydrogen) atoms. The molecular weight excluding hydrogens is 418 g/mol. The number of rotatable bonds is 8. The Morgan fingerprint density at radius 1 is 1.00 bits per heavy atom. The van der Waals surface area contributed by atoms with E-state index in [2.05, 4.69) is 15.1 Å². The minimum absolute atomic E-state index is 0.190. The molecule has 7 nitrogen and oxygen atoms in total. The average Bonchev–Trinajstić information content (AvgIpc) is 3.35. The molecule has 0 saturated heterocycles. The van der Waals surface area contributed by atoms with Gasteiger partial charge in [0.15, 0.2) is 5.76 Å². The summed E-state index contributed by atoms with van der Waals surface area (Å²) in [7, 11) is 0. The van der Waals surface area contributed by atoms with E-state index in [0.29, 0.717) is 18.8 Å². The Bertz CT molecular complexity index is 1300. The second kappa shape index (κ2) is 9.65. The summed E-state index contributed by atoms with van der Waals surface area (Å²) in [6, 6.07) is 17.1. The van der Waals surface area contributed by atoms with Crippen LogP contribution in [0, 0.1) is 13.8 Å². The van der Waals surface area contributed by atoms with Gasteiger partial charge in [0.1, 0.15) is 17.1 Å². The topological polar surface area (TPSA) is 78.0 Å². The van der Waals surface area contributed by atoms with Gasteiger partial charge in [-0.1, -0.05) is 0 Å². The third-order valence-electron chi connectivity index (χ3n) is 5.27. The highest BCUT2D eigenvalue weighted by Crippen LogP contribution is 2.25. The number of aromatic nitrogens is 1. The van der Waals surface area contributed by atoms with Gasteiger partial charge in [-0.3, -0.25) is 4.79 Å². The lowest BCUT2D eigenvalue weighted by Gasteiger charge is -2.10. The molecule has 0 aliphatic heterocycles. The number of aryl methyl sites for hydroxylation is 1. The Hall–Kier alpha value is -4.00. The van der Waals surface area contributed by atoms with Crippen molar-refractivity contribution in [2.24, 2.45) is 5.10 Å². The molecule has 0 aliphatic carbocycles. The van der Waals surface area contributed by atoms with Gasteiger partial charge in [-0.25, -0.2) is 5.43 Å². The molecule has 0 atom stereocenters. The number of hydrogen-bond donors (Lipinski definition) is 1. The molecule has 1 N–H and O–H groups in total. The third-order valence-corrected chi connectivity index (χ3v) is 5.27. The van der Waals surface area contributed by atoms with Crippen LogP contribution in [0.3, 0.4) is 0 Å². The number of carbonyl (C=O) groups is 1. The maximum Gasteiger partial charge on any atom is 0.307 e. The van der Waals surface area contributed by atoms with Crippen LogP contribution < -0.4 is 14.9 Å². The van der Waals surface area contributed by atoms with E-state index in [1.54, 1.807) is 18.3 Å². The van der Waals surface area contributed by atoms with Crippen molar-refractivity contribution in [2.45, 2.75) is 27.7 Å². The van der Waals surface area contributed by atoms with E-state index in [1.807, 2.05) is 70.2 Å². The molecule has 0 radical (unpaired) electrons. The molecule has 7 heteroatoms. The lowest BCUT2D eigenvalue weighted by Crippen LogP contribution is -2.16. The summed E-state index contributed by atoms with van der Waals surface area (Å²) < 4.78 is 18.8. The van der Waals surface area contributed by atoms with Gasteiger partial charge in [0.2, 0.25) is 0 Å². The minimum Gasteiger partial charge on any atom is -0.494 e. The van der Waals surface area contributed by atoms with Crippen LogP contribution in [0.15, 0.2) is 64.1 Å². The number of benzene rings is 2. The van der Waals surface area contributed by atoms with E-state index in [4.69, 9.17) is 13.9 Å². The van der Waals surface area contributed by atoms with E-state index in [1.165, 1.54) is 0 Å². The fraction of sp³-hybridized carbons (Fsp3) is 0.231. The molecule has 0 aliphatic rings. The van der Waals surface area contributed by atoms with Crippen LogP contribution in [-0.4, -0.2) is 29.9 Å². The molecule has 0 bridgehead atoms. The summed E-state index contributed by atoms with van der Waals surface area (Å²) in [5.41, 5.74) is 7.18. The molecule has 1 amide bonds. The van der Waals surface area contributed by atoms with Crippen LogP contribution in [0.2, 0.25) is 0 Å². The van der Waals surface area contributed by atoms with Crippen LogP contribution in [0.5, 0.6) is 11.5 Å². The highest BCUT2D eigenvalue weighted by molar-refractivity contribution is 5.96. The van der Waals surface area contributed by atoms with Crippen LogP contribution in [0.1, 0.15) is 41.4 Å². The zero-order valence-corrected chi connectivity index (χ0v) is 19.2. The molecule has 170 valence electrons. The fourth-order valence-electron chi connectivity index (χ4n) is 3.78. The summed E-state index contributed by atoms with van der Waals surface area (Å²) >= 11 is 0. The van der Waals surface area contributed by atoms with Crippen molar-refractivity contribution in [3.05, 3.63) is 77.3 Å². The molecule has 0 unspecified atom stereocenters. The molecule has 4 rings (SSSR count). The van der Waals surface area contributed by atoms with Crippen molar-refractivity contribution in [3.8, 4) is 17.2 Å². The highest BCUT2D eigenvalue weighted by Gasteiger charge is 2.13. The Labute approximate surface area is 192 Å². The zero-order chi connectivity index (χ0) is 23.4. The predicted octanol–water partition coefficient (Wildman–Crippen LogP) is 5.40. The minimum atomic E-state index is -0.416. The Morgan fingerprint density at radius 2 is 1.70 bits per heavy atom. The summed E-state index contributed by atoms with van der Waals surface area (Å²) in [6.45, 7) is 9.14. The van der Waals surface area contributed by atoms with Gasteiger partial charge in [-0.2, -0.15) is 5.10 Å². The number of hydrogen-bond acceptors (Lipinski definition) is 5. The van der Waals surface area contributed by atoms with Crippen molar-refractivity contribution >= 4 is 23.1 Å². The van der Waals surface area contributed by atoms with Crippen LogP contribution >= 0.6 is 0 Å². The zero-order valence-electron chi connectivity index (χ0n) is 19.2. The van der Waals surface area contributed by atoms with Crippen molar-refractivity contribution in [1.29, 1.82) is 0 Å². The van der Waals surface area contributed by atoms with Crippen molar-refractivity contribution < 1.29 is 18.7 Å². The number of fused-ring (bicyclic) bond motifs is 1. The summed E-state index contributed by atoms with van der Waals surface area (Å²) in [5, 5.41) is 4.94. The average molecular weight is 446 g/mol. The summed E-state index contributed by atoms with van der Waals surface area (Å²) in [5.74, 6) is 1.35. The smallest absolute Gasteiger partial charge is 0.307 e. The molecule has 0 fully saturated rings. The molecule has 0 saturated carbocycles. The van der Waals surface area contributed by atoms with E-state index >= 15 is 0 Å². The molecular formula is C26H27N3O4. The first kappa shape index (κ1) is 22.2. The highest BCUT2D eigenvalue weighted by atomic mass is 16.5. The first-order valence-electron chi connectivity index (χ1n) is 10.9. The number of ether oxygens (including phenoxy) is 2. The number of nitrogens with zero attached hydrogens (tertiary/aromatic N) is 2. The maximum atomic E-state index is 12.5. The van der Waals surface area contributed by atoms with Gasteiger partial charge in [-0.05, 0) is 82.3 Å². The van der Waals surface area contributed by atoms with Gasteiger partial charge in [0, 0.05) is 28.0 Å². The summed E-state index contributed by atoms with van der Waals surface area (Å²) in [6.07, 6.45) is 1.64. The van der Waals surface area contributed by atoms with E-state index in [9.17, 15) is 4.79 Å². The lowest BCUT2D eigenvalue weighted by molar-refractivity contribution is 0.0929. The van der Waals surface area contributed by atoms with E-state index in [0.717, 1.165) is 39.5 Å². The predicted molar refractivity (Wildman–Crippen MR) is 129 cm³/mol. The number of carbonyl (C=O) groups excluding carboxylic acids is 1. The molecule has 2 heterocycles. The van der Waals surface area contributed by atoms with Crippen LogP contribution in [-0.2, 0) is 0 Å². The standard InChI is InChI=1S/C26H27N3O4/c1-5-31-22-9-7-21(8-10-22)29-17(3)13-20(18(29)4)16-27-28-26(30)25-15-19-14-23(32-6-2)11-12-24(19)33-25/h7-16H,5-6H2,1-4H3,(H,28,30)/b27-16+. The molecule has 0 spiro atoms. The van der Waals surface area contributed by atoms with Gasteiger partial charge in [0.05, 0.1) is 19.4 Å². The van der Waals surface area contributed by atoms with Crippen LogP contribution in [0.4, 0.5) is 0 Å². The van der Waals surface area contributed by atoms with Gasteiger partial charge < -0.3 is 18.5 Å². The number of furan rings is 1. The van der Waals surface area contributed by atoms with E-state index < -0.39 is 5.91 Å². The van der Waals surface area contributed by atoms with Gasteiger partial charge >= 0.3 is 5.91 Å². The largest absolute Gasteiger partial charge is 0.494 e. The number of hydrazone groups is 1. The fourth-order valence-corrected chi connectivity index (χ4v) is 3.78. The van der Waals surface area contributed by atoms with Crippen molar-refractivity contribution in [2.75, 3.05) is 13.2 Å². The summed E-state index contributed by atoms with van der Waals surface area (Å²) in [4.78, 5) is 12.5. The SMILES string of the molecule is CCOc1ccc(-n2c(C)cc(/C=N/NC(=O)c3cc4cc(OCC)ccc4o3)c2C)cc1. The Balaban J connectivity index is 1.47. The maximum absolute atomic E-state index is 12.5. The first-order chi connectivity index (χ1) is 16.0. The normalized spacial score (nSPS) is 11.3. The van der Waals surface area contributed by atoms with Crippen molar-refractivity contribution in [3.63, 3.8) is 0 Å². The Kier molecular flexibility index (Phi) is 6.49. The molecule has 2 aromatic heterocycles. The Morgan fingerprint density at radius 3 is 2.42 bits per heavy atom. The molecule has 2 aromatic carbocycles. The van der Waals surface area contributed by atoms with Crippen molar-refractivity contribution in [1.82, 2.24) is 9.99 Å². The molecule has 4 aromatic rings. The van der Waals surface area contributed by atoms with E-state index in [-0.39, 0.29) is 5.76 Å². The number of amides is 1. The van der Waals surface area contributed by atoms with Gasteiger partial charge in [-0.15, -0.1) is 0 Å². The second-order valence-corrected chi connectivity index (χ2v) is 7.53. The third kappa shape index (κ3) is 4.77. The number of nitrogens with one attached hydrogen (secondary N) is 1. The quantitative estimate of drug-likeness (QED) is 0.291.